The first kappa shape index (κ1) is 19.5. The quantitative estimate of drug-likeness (QED) is 0.684. The van der Waals surface area contributed by atoms with E-state index in [1.807, 2.05) is 24.3 Å². The number of nitrogens with one attached hydrogen (secondary N) is 2. The second kappa shape index (κ2) is 8.21. The highest BCUT2D eigenvalue weighted by Gasteiger charge is 2.56. The summed E-state index contributed by atoms with van der Waals surface area (Å²) in [5.41, 5.74) is 0.260. The molecule has 7 nitrogen and oxygen atoms in total. The third kappa shape index (κ3) is 3.88. The summed E-state index contributed by atoms with van der Waals surface area (Å²) in [5.74, 6) is 1.13. The fourth-order valence-corrected chi connectivity index (χ4v) is 3.03. The predicted octanol–water partition coefficient (Wildman–Crippen LogP) is 2.75. The van der Waals surface area contributed by atoms with Crippen LogP contribution in [0, 0.1) is 5.41 Å². The van der Waals surface area contributed by atoms with E-state index in [9.17, 15) is 9.59 Å². The van der Waals surface area contributed by atoms with Gasteiger partial charge in [-0.3, -0.25) is 9.59 Å². The van der Waals surface area contributed by atoms with Gasteiger partial charge in [0.05, 0.1) is 27.0 Å². The number of carbonyl (C=O) groups excluding carboxylic acids is 2. The van der Waals surface area contributed by atoms with Crippen LogP contribution in [0.3, 0.4) is 0 Å². The molecule has 2 N–H and O–H groups in total. The molecular formula is C21H24N2O5. The first-order valence-electron chi connectivity index (χ1n) is 8.97. The summed E-state index contributed by atoms with van der Waals surface area (Å²) in [5, 5.41) is 5.67. The van der Waals surface area contributed by atoms with E-state index in [4.69, 9.17) is 14.2 Å². The van der Waals surface area contributed by atoms with Crippen LogP contribution in [0.4, 0.5) is 5.69 Å². The third-order valence-corrected chi connectivity index (χ3v) is 4.91. The Bertz CT molecular complexity index is 877. The highest BCUT2D eigenvalue weighted by molar-refractivity contribution is 6.13. The fraction of sp³-hybridized carbons (Fsp3) is 0.333. The Kier molecular flexibility index (Phi) is 5.73. The number of ether oxygens (including phenoxy) is 3. The molecule has 2 aromatic carbocycles. The number of hydrogen-bond acceptors (Lipinski definition) is 5. The number of para-hydroxylation sites is 1. The molecule has 1 fully saturated rings. The summed E-state index contributed by atoms with van der Waals surface area (Å²) < 4.78 is 15.8. The highest BCUT2D eigenvalue weighted by atomic mass is 16.5. The lowest BCUT2D eigenvalue weighted by Crippen LogP contribution is -2.39. The number of methoxy groups -OCH3 is 3. The zero-order valence-corrected chi connectivity index (χ0v) is 16.2. The maximum atomic E-state index is 12.8. The average Bonchev–Trinajstić information content (AvgIpc) is 3.54. The second-order valence-electron chi connectivity index (χ2n) is 6.60. The van der Waals surface area contributed by atoms with Gasteiger partial charge < -0.3 is 24.8 Å². The molecule has 1 aliphatic carbocycles. The first-order chi connectivity index (χ1) is 13.5. The molecule has 0 spiro atoms. The Morgan fingerprint density at radius 3 is 2.29 bits per heavy atom. The number of benzene rings is 2. The monoisotopic (exact) mass is 384 g/mol. The van der Waals surface area contributed by atoms with Crippen LogP contribution < -0.4 is 24.8 Å². The molecule has 148 valence electrons. The Hall–Kier alpha value is -3.22. The van der Waals surface area contributed by atoms with Crippen molar-refractivity contribution in [3.8, 4) is 17.2 Å². The van der Waals surface area contributed by atoms with Gasteiger partial charge in [0.25, 0.3) is 0 Å². The average molecular weight is 384 g/mol. The molecule has 2 amide bonds. The largest absolute Gasteiger partial charge is 0.497 e. The summed E-state index contributed by atoms with van der Waals surface area (Å²) in [4.78, 5) is 25.6. The number of rotatable bonds is 8. The molecule has 0 unspecified atom stereocenters. The fourth-order valence-electron chi connectivity index (χ4n) is 3.03. The summed E-state index contributed by atoms with van der Waals surface area (Å²) in [7, 11) is 4.64. The molecule has 3 rings (SSSR count). The standard InChI is InChI=1S/C21H24N2O5/c1-26-15-8-9-18(28-3)16(12-15)23-20(25)21(10-11-21)19(24)22-13-14-6-4-5-7-17(14)27-2/h4-9,12H,10-11,13H2,1-3H3,(H,22,24)(H,23,25). The molecule has 0 aliphatic heterocycles. The van der Waals surface area contributed by atoms with Crippen molar-refractivity contribution in [3.63, 3.8) is 0 Å². The van der Waals surface area contributed by atoms with Gasteiger partial charge in [0.1, 0.15) is 22.7 Å². The van der Waals surface area contributed by atoms with Crippen molar-refractivity contribution >= 4 is 17.5 Å². The van der Waals surface area contributed by atoms with Crippen LogP contribution in [-0.2, 0) is 16.1 Å². The normalized spacial score (nSPS) is 14.0. The molecule has 7 heteroatoms. The van der Waals surface area contributed by atoms with E-state index in [-0.39, 0.29) is 11.8 Å². The van der Waals surface area contributed by atoms with Crippen LogP contribution in [0.5, 0.6) is 17.2 Å². The van der Waals surface area contributed by atoms with Crippen LogP contribution in [0.15, 0.2) is 42.5 Å². The van der Waals surface area contributed by atoms with E-state index in [0.29, 0.717) is 42.3 Å². The van der Waals surface area contributed by atoms with Crippen molar-refractivity contribution in [1.82, 2.24) is 5.32 Å². The number of amides is 2. The van der Waals surface area contributed by atoms with E-state index < -0.39 is 5.41 Å². The van der Waals surface area contributed by atoms with E-state index in [1.54, 1.807) is 32.4 Å². The SMILES string of the molecule is COc1ccc(OC)c(NC(=O)C2(C(=O)NCc3ccccc3OC)CC2)c1. The summed E-state index contributed by atoms with van der Waals surface area (Å²) >= 11 is 0. The first-order valence-corrected chi connectivity index (χ1v) is 8.97. The molecule has 28 heavy (non-hydrogen) atoms. The van der Waals surface area contributed by atoms with Crippen LogP contribution >= 0.6 is 0 Å². The lowest BCUT2D eigenvalue weighted by molar-refractivity contribution is -0.134. The zero-order valence-electron chi connectivity index (χ0n) is 16.2. The molecule has 0 radical (unpaired) electrons. The maximum Gasteiger partial charge on any atom is 0.240 e. The molecule has 0 heterocycles. The minimum Gasteiger partial charge on any atom is -0.497 e. The van der Waals surface area contributed by atoms with Crippen LogP contribution in [0.25, 0.3) is 0 Å². The van der Waals surface area contributed by atoms with Gasteiger partial charge in [-0.15, -0.1) is 0 Å². The summed E-state index contributed by atoms with van der Waals surface area (Å²) in [6.07, 6.45) is 1.01. The van der Waals surface area contributed by atoms with Crippen molar-refractivity contribution in [2.45, 2.75) is 19.4 Å². The molecule has 0 aromatic heterocycles. The molecule has 2 aromatic rings. The second-order valence-corrected chi connectivity index (χ2v) is 6.60. The number of anilines is 1. The van der Waals surface area contributed by atoms with Crippen LogP contribution in [0.2, 0.25) is 0 Å². The molecular weight excluding hydrogens is 360 g/mol. The summed E-state index contributed by atoms with van der Waals surface area (Å²) in [6.45, 7) is 0.292. The van der Waals surface area contributed by atoms with Crippen molar-refractivity contribution in [1.29, 1.82) is 0 Å². The van der Waals surface area contributed by atoms with Gasteiger partial charge in [-0.05, 0) is 31.0 Å². The van der Waals surface area contributed by atoms with Crippen LogP contribution in [-0.4, -0.2) is 33.1 Å². The van der Waals surface area contributed by atoms with Crippen molar-refractivity contribution in [2.75, 3.05) is 26.6 Å². The van der Waals surface area contributed by atoms with Gasteiger partial charge in [0.15, 0.2) is 0 Å². The Morgan fingerprint density at radius 2 is 1.64 bits per heavy atom. The Morgan fingerprint density at radius 1 is 0.929 bits per heavy atom. The Labute approximate surface area is 164 Å². The van der Waals surface area contributed by atoms with Gasteiger partial charge in [-0.1, -0.05) is 18.2 Å². The van der Waals surface area contributed by atoms with E-state index in [1.165, 1.54) is 7.11 Å². The van der Waals surface area contributed by atoms with E-state index in [2.05, 4.69) is 10.6 Å². The van der Waals surface area contributed by atoms with Crippen molar-refractivity contribution in [3.05, 3.63) is 48.0 Å². The molecule has 1 aliphatic rings. The lowest BCUT2D eigenvalue weighted by Gasteiger charge is -2.18. The van der Waals surface area contributed by atoms with Gasteiger partial charge in [0.2, 0.25) is 11.8 Å². The molecule has 0 saturated heterocycles. The molecule has 0 atom stereocenters. The number of hydrogen-bond donors (Lipinski definition) is 2. The van der Waals surface area contributed by atoms with Gasteiger partial charge in [0, 0.05) is 18.2 Å². The highest BCUT2D eigenvalue weighted by Crippen LogP contribution is 2.47. The number of carbonyl (C=O) groups is 2. The zero-order chi connectivity index (χ0) is 20.1. The smallest absolute Gasteiger partial charge is 0.240 e. The Balaban J connectivity index is 1.69. The summed E-state index contributed by atoms with van der Waals surface area (Å²) in [6, 6.07) is 12.5. The predicted molar refractivity (Wildman–Crippen MR) is 105 cm³/mol. The van der Waals surface area contributed by atoms with Gasteiger partial charge in [-0.25, -0.2) is 0 Å². The minimum absolute atomic E-state index is 0.292. The van der Waals surface area contributed by atoms with Gasteiger partial charge >= 0.3 is 0 Å². The third-order valence-electron chi connectivity index (χ3n) is 4.91. The molecule has 1 saturated carbocycles. The maximum absolute atomic E-state index is 12.8. The van der Waals surface area contributed by atoms with Gasteiger partial charge in [-0.2, -0.15) is 0 Å². The lowest BCUT2D eigenvalue weighted by atomic mass is 10.0. The van der Waals surface area contributed by atoms with Crippen molar-refractivity contribution in [2.24, 2.45) is 5.41 Å². The van der Waals surface area contributed by atoms with E-state index >= 15 is 0 Å². The van der Waals surface area contributed by atoms with Crippen LogP contribution in [0.1, 0.15) is 18.4 Å². The van der Waals surface area contributed by atoms with E-state index in [0.717, 1.165) is 5.56 Å². The van der Waals surface area contributed by atoms with Crippen molar-refractivity contribution < 1.29 is 23.8 Å². The molecule has 0 bridgehead atoms. The minimum atomic E-state index is -1.06. The topological polar surface area (TPSA) is 85.9 Å².